The van der Waals surface area contributed by atoms with E-state index in [-0.39, 0.29) is 5.41 Å². The van der Waals surface area contributed by atoms with Gasteiger partial charge in [-0.2, -0.15) is 0 Å². The lowest BCUT2D eigenvalue weighted by Gasteiger charge is -2.22. The van der Waals surface area contributed by atoms with E-state index in [1.54, 1.807) is 6.26 Å². The van der Waals surface area contributed by atoms with E-state index < -0.39 is 0 Å². The maximum atomic E-state index is 5.68. The molecule has 0 aliphatic heterocycles. The van der Waals surface area contributed by atoms with Gasteiger partial charge in [-0.3, -0.25) is 4.98 Å². The van der Waals surface area contributed by atoms with Crippen molar-refractivity contribution in [2.75, 3.05) is 0 Å². The van der Waals surface area contributed by atoms with Crippen LogP contribution < -0.4 is 0 Å². The SMILES string of the molecule is CC(C)(C)c1cc(-c2nccc3ccoc23)cc2ccccc12. The molecule has 0 aliphatic carbocycles. The molecule has 0 amide bonds. The summed E-state index contributed by atoms with van der Waals surface area (Å²) >= 11 is 0. The normalized spacial score (nSPS) is 12.1. The van der Waals surface area contributed by atoms with Crippen LogP contribution >= 0.6 is 0 Å². The minimum absolute atomic E-state index is 0.0622. The van der Waals surface area contributed by atoms with Gasteiger partial charge in [0, 0.05) is 17.1 Å². The first-order valence-corrected chi connectivity index (χ1v) is 7.90. The van der Waals surface area contributed by atoms with Crippen LogP contribution in [-0.2, 0) is 5.41 Å². The predicted molar refractivity (Wildman–Crippen MR) is 95.7 cm³/mol. The fourth-order valence-electron chi connectivity index (χ4n) is 3.17. The van der Waals surface area contributed by atoms with Crippen LogP contribution in [0.25, 0.3) is 33.0 Å². The van der Waals surface area contributed by atoms with Crippen LogP contribution in [0.2, 0.25) is 0 Å². The van der Waals surface area contributed by atoms with Gasteiger partial charge in [0.25, 0.3) is 0 Å². The highest BCUT2D eigenvalue weighted by molar-refractivity contribution is 5.95. The molecule has 2 heteroatoms. The molecular weight excluding hydrogens is 282 g/mol. The summed E-state index contributed by atoms with van der Waals surface area (Å²) in [6, 6.07) is 17.0. The molecule has 2 heterocycles. The van der Waals surface area contributed by atoms with Crippen LogP contribution in [0.15, 0.2) is 65.4 Å². The van der Waals surface area contributed by atoms with Crippen molar-refractivity contribution in [3.8, 4) is 11.3 Å². The summed E-state index contributed by atoms with van der Waals surface area (Å²) in [5.74, 6) is 0. The number of pyridine rings is 1. The molecular formula is C21H19NO. The Balaban J connectivity index is 2.07. The summed E-state index contributed by atoms with van der Waals surface area (Å²) in [5, 5.41) is 3.62. The van der Waals surface area contributed by atoms with Crippen molar-refractivity contribution in [3.05, 3.63) is 66.6 Å². The first kappa shape index (κ1) is 14.0. The molecule has 0 unspecified atom stereocenters. The molecule has 0 bridgehead atoms. The third-order valence-electron chi connectivity index (χ3n) is 4.31. The zero-order chi connectivity index (χ0) is 16.0. The Morgan fingerprint density at radius 1 is 0.913 bits per heavy atom. The minimum Gasteiger partial charge on any atom is -0.462 e. The lowest BCUT2D eigenvalue weighted by Crippen LogP contribution is -2.12. The van der Waals surface area contributed by atoms with E-state index in [0.29, 0.717) is 0 Å². The summed E-state index contributed by atoms with van der Waals surface area (Å²) in [4.78, 5) is 4.59. The van der Waals surface area contributed by atoms with E-state index in [0.717, 1.165) is 22.2 Å². The van der Waals surface area contributed by atoms with E-state index in [2.05, 4.69) is 62.2 Å². The van der Waals surface area contributed by atoms with Gasteiger partial charge in [0.05, 0.1) is 6.26 Å². The summed E-state index contributed by atoms with van der Waals surface area (Å²) in [6.45, 7) is 6.75. The zero-order valence-electron chi connectivity index (χ0n) is 13.6. The molecule has 4 rings (SSSR count). The van der Waals surface area contributed by atoms with Gasteiger partial charge in [-0.25, -0.2) is 0 Å². The third-order valence-corrected chi connectivity index (χ3v) is 4.31. The van der Waals surface area contributed by atoms with Crippen molar-refractivity contribution in [1.82, 2.24) is 4.98 Å². The summed E-state index contributed by atoms with van der Waals surface area (Å²) in [5.41, 5.74) is 4.25. The average molecular weight is 301 g/mol. The van der Waals surface area contributed by atoms with E-state index in [9.17, 15) is 0 Å². The van der Waals surface area contributed by atoms with Gasteiger partial charge in [0.2, 0.25) is 0 Å². The number of hydrogen-bond donors (Lipinski definition) is 0. The topological polar surface area (TPSA) is 26.0 Å². The van der Waals surface area contributed by atoms with Crippen LogP contribution in [0.4, 0.5) is 0 Å². The average Bonchev–Trinajstić information content (AvgIpc) is 3.01. The lowest BCUT2D eigenvalue weighted by atomic mass is 9.82. The molecule has 2 aromatic carbocycles. The van der Waals surface area contributed by atoms with Crippen LogP contribution in [0, 0.1) is 0 Å². The fourth-order valence-corrected chi connectivity index (χ4v) is 3.17. The molecule has 2 aromatic heterocycles. The second kappa shape index (κ2) is 4.95. The van der Waals surface area contributed by atoms with Crippen molar-refractivity contribution >= 4 is 21.7 Å². The number of rotatable bonds is 1. The van der Waals surface area contributed by atoms with Gasteiger partial charge in [-0.15, -0.1) is 0 Å². The quantitative estimate of drug-likeness (QED) is 0.434. The Morgan fingerprint density at radius 2 is 1.74 bits per heavy atom. The highest BCUT2D eigenvalue weighted by atomic mass is 16.3. The number of benzene rings is 2. The molecule has 114 valence electrons. The van der Waals surface area contributed by atoms with Crippen molar-refractivity contribution in [3.63, 3.8) is 0 Å². The molecule has 0 saturated carbocycles. The van der Waals surface area contributed by atoms with Gasteiger partial charge in [0.1, 0.15) is 5.69 Å². The highest BCUT2D eigenvalue weighted by Crippen LogP contribution is 2.36. The van der Waals surface area contributed by atoms with Crippen LogP contribution in [0.1, 0.15) is 26.3 Å². The highest BCUT2D eigenvalue weighted by Gasteiger charge is 2.19. The van der Waals surface area contributed by atoms with Crippen LogP contribution in [0.3, 0.4) is 0 Å². The Morgan fingerprint density at radius 3 is 2.57 bits per heavy atom. The first-order valence-electron chi connectivity index (χ1n) is 7.90. The van der Waals surface area contributed by atoms with Gasteiger partial charge in [0.15, 0.2) is 5.58 Å². The van der Waals surface area contributed by atoms with E-state index in [4.69, 9.17) is 4.42 Å². The molecule has 0 fully saturated rings. The smallest absolute Gasteiger partial charge is 0.160 e. The van der Waals surface area contributed by atoms with Gasteiger partial charge < -0.3 is 4.42 Å². The predicted octanol–water partition coefficient (Wildman–Crippen LogP) is 5.95. The Labute approximate surface area is 135 Å². The Kier molecular flexibility index (Phi) is 3.02. The molecule has 0 atom stereocenters. The van der Waals surface area contributed by atoms with Gasteiger partial charge in [-0.05, 0) is 46.0 Å². The van der Waals surface area contributed by atoms with Crippen molar-refractivity contribution in [2.45, 2.75) is 26.2 Å². The maximum absolute atomic E-state index is 5.68. The monoisotopic (exact) mass is 301 g/mol. The number of hydrogen-bond acceptors (Lipinski definition) is 2. The molecule has 0 aliphatic rings. The third kappa shape index (κ3) is 2.31. The zero-order valence-corrected chi connectivity index (χ0v) is 13.6. The van der Waals surface area contributed by atoms with E-state index >= 15 is 0 Å². The van der Waals surface area contributed by atoms with Crippen LogP contribution in [-0.4, -0.2) is 4.98 Å². The Hall–Kier alpha value is -2.61. The maximum Gasteiger partial charge on any atom is 0.160 e. The second-order valence-corrected chi connectivity index (χ2v) is 6.99. The number of aromatic nitrogens is 1. The van der Waals surface area contributed by atoms with Gasteiger partial charge >= 0.3 is 0 Å². The van der Waals surface area contributed by atoms with Crippen molar-refractivity contribution in [2.24, 2.45) is 0 Å². The summed E-state index contributed by atoms with van der Waals surface area (Å²) in [6.07, 6.45) is 3.57. The van der Waals surface area contributed by atoms with Crippen molar-refractivity contribution in [1.29, 1.82) is 0 Å². The van der Waals surface area contributed by atoms with E-state index in [1.807, 2.05) is 18.3 Å². The molecule has 2 nitrogen and oxygen atoms in total. The minimum atomic E-state index is 0.0622. The first-order chi connectivity index (χ1) is 11.0. The number of fused-ring (bicyclic) bond motifs is 2. The van der Waals surface area contributed by atoms with Gasteiger partial charge in [-0.1, -0.05) is 45.0 Å². The lowest BCUT2D eigenvalue weighted by molar-refractivity contribution is 0.596. The molecule has 23 heavy (non-hydrogen) atoms. The fraction of sp³-hybridized carbons (Fsp3) is 0.190. The van der Waals surface area contributed by atoms with Crippen LogP contribution in [0.5, 0.6) is 0 Å². The standard InChI is InChI=1S/C21H19NO/c1-21(2,3)18-13-16(12-15-6-4-5-7-17(15)18)19-20-14(8-10-22-19)9-11-23-20/h4-13H,1-3H3. The second-order valence-electron chi connectivity index (χ2n) is 6.99. The van der Waals surface area contributed by atoms with E-state index in [1.165, 1.54) is 16.3 Å². The molecule has 0 N–H and O–H groups in total. The molecule has 0 radical (unpaired) electrons. The molecule has 0 spiro atoms. The summed E-state index contributed by atoms with van der Waals surface area (Å²) in [7, 11) is 0. The largest absolute Gasteiger partial charge is 0.462 e. The number of nitrogens with zero attached hydrogens (tertiary/aromatic N) is 1. The molecule has 4 aromatic rings. The summed E-state index contributed by atoms with van der Waals surface area (Å²) < 4.78 is 5.68. The van der Waals surface area contributed by atoms with Crippen molar-refractivity contribution < 1.29 is 4.42 Å². The number of furan rings is 1. The molecule has 0 saturated heterocycles. The Bertz CT molecular complexity index is 1010.